The lowest BCUT2D eigenvalue weighted by Gasteiger charge is -2.14. The summed E-state index contributed by atoms with van der Waals surface area (Å²) in [5.74, 6) is 0.676. The van der Waals surface area contributed by atoms with Gasteiger partial charge < -0.3 is 18.9 Å². The second-order valence-electron chi connectivity index (χ2n) is 4.20. The van der Waals surface area contributed by atoms with Gasteiger partial charge in [0.15, 0.2) is 6.29 Å². The molecule has 4 heteroatoms. The van der Waals surface area contributed by atoms with E-state index in [4.69, 9.17) is 18.9 Å². The van der Waals surface area contributed by atoms with Crippen LogP contribution in [0.1, 0.15) is 18.1 Å². The van der Waals surface area contributed by atoms with Gasteiger partial charge in [0.1, 0.15) is 5.76 Å². The first kappa shape index (κ1) is 14.1. The van der Waals surface area contributed by atoms with Gasteiger partial charge >= 0.3 is 0 Å². The summed E-state index contributed by atoms with van der Waals surface area (Å²) in [5, 5.41) is 0. The fourth-order valence-electron chi connectivity index (χ4n) is 1.94. The largest absolute Gasteiger partial charge is 0.494 e. The molecule has 0 aliphatic carbocycles. The van der Waals surface area contributed by atoms with Crippen LogP contribution in [0.2, 0.25) is 0 Å². The van der Waals surface area contributed by atoms with Crippen LogP contribution in [0, 0.1) is 0 Å². The Labute approximate surface area is 113 Å². The Morgan fingerprint density at radius 2 is 2.05 bits per heavy atom. The van der Waals surface area contributed by atoms with Crippen molar-refractivity contribution in [2.45, 2.75) is 19.8 Å². The van der Waals surface area contributed by atoms with E-state index in [1.54, 1.807) is 0 Å². The summed E-state index contributed by atoms with van der Waals surface area (Å²) >= 11 is 0. The van der Waals surface area contributed by atoms with Crippen molar-refractivity contribution in [2.24, 2.45) is 0 Å². The fraction of sp³-hybridized carbons (Fsp3) is 0.467. The first-order chi connectivity index (χ1) is 9.31. The summed E-state index contributed by atoms with van der Waals surface area (Å²) in [6.07, 6.45) is -0.234. The molecule has 0 radical (unpaired) electrons. The van der Waals surface area contributed by atoms with Crippen LogP contribution in [0.4, 0.5) is 0 Å². The molecular weight excluding hydrogens is 244 g/mol. The maximum atomic E-state index is 5.63. The molecule has 0 N–H and O–H groups in total. The first-order valence-electron chi connectivity index (χ1n) is 6.52. The average Bonchev–Trinajstić information content (AvgIpc) is 2.93. The van der Waals surface area contributed by atoms with E-state index in [1.807, 2.05) is 31.2 Å². The van der Waals surface area contributed by atoms with Gasteiger partial charge in [0.25, 0.3) is 0 Å². The van der Waals surface area contributed by atoms with E-state index in [0.29, 0.717) is 38.8 Å². The summed E-state index contributed by atoms with van der Waals surface area (Å²) in [5.41, 5.74) is 2.04. The van der Waals surface area contributed by atoms with E-state index < -0.39 is 0 Å². The summed E-state index contributed by atoms with van der Waals surface area (Å²) in [4.78, 5) is 0. The second-order valence-corrected chi connectivity index (χ2v) is 4.20. The second kappa shape index (κ2) is 7.28. The Hall–Kier alpha value is -1.36. The molecule has 0 unspecified atom stereocenters. The van der Waals surface area contributed by atoms with Crippen LogP contribution >= 0.6 is 0 Å². The van der Waals surface area contributed by atoms with Crippen molar-refractivity contribution in [2.75, 3.05) is 26.4 Å². The molecule has 104 valence electrons. The summed E-state index contributed by atoms with van der Waals surface area (Å²) in [6, 6.07) is 7.94. The van der Waals surface area contributed by atoms with E-state index in [9.17, 15) is 0 Å². The van der Waals surface area contributed by atoms with Crippen molar-refractivity contribution >= 4 is 5.76 Å². The molecule has 0 spiro atoms. The fourth-order valence-corrected chi connectivity index (χ4v) is 1.94. The van der Waals surface area contributed by atoms with Crippen LogP contribution in [0.3, 0.4) is 0 Å². The molecule has 1 saturated heterocycles. The van der Waals surface area contributed by atoms with Gasteiger partial charge in [0.2, 0.25) is 0 Å². The zero-order valence-corrected chi connectivity index (χ0v) is 11.3. The molecule has 2 rings (SSSR count). The quantitative estimate of drug-likeness (QED) is 0.709. The third-order valence-electron chi connectivity index (χ3n) is 2.84. The summed E-state index contributed by atoms with van der Waals surface area (Å²) in [6.45, 7) is 8.71. The molecule has 0 bridgehead atoms. The molecular formula is C15H20O4. The van der Waals surface area contributed by atoms with Gasteiger partial charge in [-0.15, -0.1) is 0 Å². The predicted molar refractivity (Wildman–Crippen MR) is 72.5 cm³/mol. The zero-order chi connectivity index (χ0) is 13.5. The smallest absolute Gasteiger partial charge is 0.181 e. The molecule has 1 fully saturated rings. The Balaban J connectivity index is 1.89. The van der Waals surface area contributed by atoms with E-state index in [0.717, 1.165) is 11.1 Å². The van der Waals surface area contributed by atoms with Crippen molar-refractivity contribution in [3.8, 4) is 0 Å². The average molecular weight is 264 g/mol. The van der Waals surface area contributed by atoms with Crippen LogP contribution in [0.5, 0.6) is 0 Å². The van der Waals surface area contributed by atoms with E-state index in [1.165, 1.54) is 0 Å². The lowest BCUT2D eigenvalue weighted by molar-refractivity contribution is -0.0975. The highest BCUT2D eigenvalue weighted by atomic mass is 16.7. The first-order valence-corrected chi connectivity index (χ1v) is 6.52. The third-order valence-corrected chi connectivity index (χ3v) is 2.84. The normalized spacial score (nSPS) is 15.6. The van der Waals surface area contributed by atoms with E-state index in [-0.39, 0.29) is 6.29 Å². The summed E-state index contributed by atoms with van der Waals surface area (Å²) in [7, 11) is 0. The van der Waals surface area contributed by atoms with E-state index in [2.05, 4.69) is 6.58 Å². The molecule has 4 nitrogen and oxygen atoms in total. The van der Waals surface area contributed by atoms with Crippen LogP contribution in [0.25, 0.3) is 5.76 Å². The van der Waals surface area contributed by atoms with Crippen molar-refractivity contribution < 1.29 is 18.9 Å². The van der Waals surface area contributed by atoms with Gasteiger partial charge in [-0.25, -0.2) is 0 Å². The predicted octanol–water partition coefficient (Wildman–Crippen LogP) is 2.58. The number of benzene rings is 1. The van der Waals surface area contributed by atoms with Gasteiger partial charge in [-0.1, -0.05) is 30.8 Å². The number of hydrogen-bond donors (Lipinski definition) is 0. The van der Waals surface area contributed by atoms with Gasteiger partial charge in [0.05, 0.1) is 33.0 Å². The minimum absolute atomic E-state index is 0.234. The number of hydrogen-bond acceptors (Lipinski definition) is 4. The molecule has 19 heavy (non-hydrogen) atoms. The van der Waals surface area contributed by atoms with Crippen molar-refractivity contribution in [1.29, 1.82) is 0 Å². The SMILES string of the molecule is C=C(OCC)c1ccccc1COCC1OCCO1. The Morgan fingerprint density at radius 3 is 2.79 bits per heavy atom. The molecule has 1 aliphatic heterocycles. The lowest BCUT2D eigenvalue weighted by Crippen LogP contribution is -2.16. The minimum Gasteiger partial charge on any atom is -0.494 e. The van der Waals surface area contributed by atoms with Crippen LogP contribution in [-0.4, -0.2) is 32.7 Å². The van der Waals surface area contributed by atoms with Gasteiger partial charge in [-0.3, -0.25) is 0 Å². The Kier molecular flexibility index (Phi) is 5.39. The molecule has 1 aromatic carbocycles. The molecule has 0 atom stereocenters. The van der Waals surface area contributed by atoms with Crippen molar-refractivity contribution in [3.63, 3.8) is 0 Å². The zero-order valence-electron chi connectivity index (χ0n) is 11.3. The third kappa shape index (κ3) is 4.06. The van der Waals surface area contributed by atoms with Crippen molar-refractivity contribution in [3.05, 3.63) is 42.0 Å². The van der Waals surface area contributed by atoms with Gasteiger partial charge in [0, 0.05) is 5.56 Å². The molecule has 0 saturated carbocycles. The monoisotopic (exact) mass is 264 g/mol. The summed E-state index contributed by atoms with van der Waals surface area (Å²) < 4.78 is 21.7. The van der Waals surface area contributed by atoms with Gasteiger partial charge in [-0.05, 0) is 12.5 Å². The molecule has 1 aromatic rings. The minimum atomic E-state index is -0.234. The maximum absolute atomic E-state index is 5.63. The standard InChI is InChI=1S/C15H20O4/c1-3-17-12(2)14-7-5-4-6-13(14)10-16-11-15-18-8-9-19-15/h4-7,15H,2-3,8-11H2,1H3. The highest BCUT2D eigenvalue weighted by molar-refractivity contribution is 5.60. The van der Waals surface area contributed by atoms with Crippen molar-refractivity contribution in [1.82, 2.24) is 0 Å². The highest BCUT2D eigenvalue weighted by Gasteiger charge is 2.16. The number of ether oxygens (including phenoxy) is 4. The molecule has 0 amide bonds. The highest BCUT2D eigenvalue weighted by Crippen LogP contribution is 2.19. The van der Waals surface area contributed by atoms with Crippen LogP contribution < -0.4 is 0 Å². The van der Waals surface area contributed by atoms with Crippen LogP contribution in [0.15, 0.2) is 30.8 Å². The van der Waals surface area contributed by atoms with Gasteiger partial charge in [-0.2, -0.15) is 0 Å². The lowest BCUT2D eigenvalue weighted by atomic mass is 10.1. The topological polar surface area (TPSA) is 36.9 Å². The Morgan fingerprint density at radius 1 is 1.32 bits per heavy atom. The molecule has 0 aromatic heterocycles. The number of rotatable bonds is 7. The Bertz CT molecular complexity index is 410. The molecule has 1 aliphatic rings. The molecule has 1 heterocycles. The van der Waals surface area contributed by atoms with Crippen LogP contribution in [-0.2, 0) is 25.6 Å². The van der Waals surface area contributed by atoms with E-state index >= 15 is 0 Å². The maximum Gasteiger partial charge on any atom is 0.181 e.